The molecule has 1 atom stereocenters. The normalized spacial score (nSPS) is 12.8. The second-order valence-electron chi connectivity index (χ2n) is 3.00. The number of H-pyrrole nitrogens is 1. The molecule has 0 aliphatic heterocycles. The van der Waals surface area contributed by atoms with Crippen molar-refractivity contribution in [1.82, 2.24) is 15.4 Å². The van der Waals surface area contributed by atoms with Crippen molar-refractivity contribution >= 4 is 0 Å². The van der Waals surface area contributed by atoms with Gasteiger partial charge >= 0.3 is 0 Å². The Hall–Kier alpha value is -1.16. The first-order valence-corrected chi connectivity index (χ1v) is 3.96. The number of nitrogens with zero attached hydrogens (tertiary/aromatic N) is 2. The Labute approximate surface area is 71.9 Å². The van der Waals surface area contributed by atoms with Gasteiger partial charge < -0.3 is 5.73 Å². The van der Waals surface area contributed by atoms with Crippen molar-refractivity contribution in [2.24, 2.45) is 5.73 Å². The number of nitrogens with two attached hydrogens (primary N) is 1. The van der Waals surface area contributed by atoms with Crippen LogP contribution in [0.1, 0.15) is 31.5 Å². The van der Waals surface area contributed by atoms with Crippen molar-refractivity contribution in [2.75, 3.05) is 0 Å². The number of rotatable bonds is 4. The van der Waals surface area contributed by atoms with Gasteiger partial charge in [0.2, 0.25) is 0 Å². The second-order valence-corrected chi connectivity index (χ2v) is 3.00. The molecule has 0 aliphatic carbocycles. The highest BCUT2D eigenvalue weighted by atomic mass is 15.3. The third kappa shape index (κ3) is 2.47. The average molecular weight is 166 g/mol. The molecule has 4 nitrogen and oxygen atoms in total. The number of nitrogens with one attached hydrogen (secondary N) is 1. The third-order valence-corrected chi connectivity index (χ3v) is 1.70. The lowest BCUT2D eigenvalue weighted by molar-refractivity contribution is 0.629. The summed E-state index contributed by atoms with van der Waals surface area (Å²) in [6, 6.07) is -0.0274. The molecule has 66 valence electrons. The van der Waals surface area contributed by atoms with Gasteiger partial charge in [0, 0.05) is 0 Å². The van der Waals surface area contributed by atoms with Crippen molar-refractivity contribution in [3.8, 4) is 0 Å². The molecule has 1 aromatic heterocycles. The minimum atomic E-state index is -0.0274. The Balaban J connectivity index is 2.39. The third-order valence-electron chi connectivity index (χ3n) is 1.70. The van der Waals surface area contributed by atoms with Crippen molar-refractivity contribution in [2.45, 2.75) is 25.8 Å². The summed E-state index contributed by atoms with van der Waals surface area (Å²) in [5.74, 6) is 0. The molecule has 1 heterocycles. The Morgan fingerprint density at radius 3 is 3.08 bits per heavy atom. The monoisotopic (exact) mass is 166 g/mol. The number of aromatic amines is 1. The first kappa shape index (κ1) is 8.93. The largest absolute Gasteiger partial charge is 0.323 e. The first-order valence-electron chi connectivity index (χ1n) is 3.96. The zero-order valence-electron chi connectivity index (χ0n) is 7.25. The number of allylic oxidation sites excluding steroid dienone is 1. The summed E-state index contributed by atoms with van der Waals surface area (Å²) in [5, 5.41) is 10.1. The van der Waals surface area contributed by atoms with E-state index in [0.29, 0.717) is 0 Å². The molecule has 0 bridgehead atoms. The van der Waals surface area contributed by atoms with E-state index in [4.69, 9.17) is 5.73 Å². The van der Waals surface area contributed by atoms with Crippen LogP contribution in [0.5, 0.6) is 0 Å². The Morgan fingerprint density at radius 1 is 1.83 bits per heavy atom. The molecule has 0 spiro atoms. The van der Waals surface area contributed by atoms with Gasteiger partial charge in [-0.15, -0.1) is 6.58 Å². The fraction of sp³-hybridized carbons (Fsp3) is 0.500. The first-order chi connectivity index (χ1) is 5.70. The van der Waals surface area contributed by atoms with Crippen LogP contribution in [0.25, 0.3) is 0 Å². The summed E-state index contributed by atoms with van der Waals surface area (Å²) in [4.78, 5) is 0. The summed E-state index contributed by atoms with van der Waals surface area (Å²) in [6.07, 6.45) is 3.47. The minimum Gasteiger partial charge on any atom is -0.323 e. The van der Waals surface area contributed by atoms with E-state index in [-0.39, 0.29) is 6.04 Å². The lowest BCUT2D eigenvalue weighted by Crippen LogP contribution is -2.10. The molecule has 1 rings (SSSR count). The van der Waals surface area contributed by atoms with E-state index in [1.165, 1.54) is 0 Å². The lowest BCUT2D eigenvalue weighted by atomic mass is 10.1. The van der Waals surface area contributed by atoms with Gasteiger partial charge in [-0.25, -0.2) is 0 Å². The van der Waals surface area contributed by atoms with E-state index < -0.39 is 0 Å². The van der Waals surface area contributed by atoms with Crippen LogP contribution in [0.15, 0.2) is 18.3 Å². The molecule has 0 aliphatic rings. The Morgan fingerprint density at radius 2 is 2.58 bits per heavy atom. The second kappa shape index (κ2) is 4.01. The molecule has 3 N–H and O–H groups in total. The van der Waals surface area contributed by atoms with Gasteiger partial charge in [-0.2, -0.15) is 15.4 Å². The van der Waals surface area contributed by atoms with Crippen LogP contribution in [-0.4, -0.2) is 15.4 Å². The standard InChI is InChI=1S/C8H14N4/c1-6(2)3-4-7(9)8-5-10-12-11-8/h5,7H,1,3-4,9H2,2H3,(H,10,11,12). The molecule has 1 unspecified atom stereocenters. The highest BCUT2D eigenvalue weighted by molar-refractivity contribution is 5.00. The minimum absolute atomic E-state index is 0.0274. The fourth-order valence-electron chi connectivity index (χ4n) is 0.939. The van der Waals surface area contributed by atoms with E-state index in [2.05, 4.69) is 22.0 Å². The van der Waals surface area contributed by atoms with Gasteiger partial charge in [-0.05, 0) is 19.8 Å². The van der Waals surface area contributed by atoms with Gasteiger partial charge in [0.25, 0.3) is 0 Å². The predicted molar refractivity (Wildman–Crippen MR) is 47.4 cm³/mol. The summed E-state index contributed by atoms with van der Waals surface area (Å²) in [6.45, 7) is 5.80. The topological polar surface area (TPSA) is 67.6 Å². The molecule has 1 aromatic rings. The van der Waals surface area contributed by atoms with E-state index in [9.17, 15) is 0 Å². The van der Waals surface area contributed by atoms with E-state index in [1.54, 1.807) is 6.20 Å². The number of aromatic nitrogens is 3. The van der Waals surface area contributed by atoms with Crippen LogP contribution in [0, 0.1) is 0 Å². The SMILES string of the molecule is C=C(C)CCC(N)c1cn[nH]n1. The summed E-state index contributed by atoms with van der Waals surface area (Å²) < 4.78 is 0. The maximum Gasteiger partial charge on any atom is 0.0991 e. The summed E-state index contributed by atoms with van der Waals surface area (Å²) in [7, 11) is 0. The smallest absolute Gasteiger partial charge is 0.0991 e. The fourth-order valence-corrected chi connectivity index (χ4v) is 0.939. The zero-order chi connectivity index (χ0) is 8.97. The van der Waals surface area contributed by atoms with Crippen LogP contribution >= 0.6 is 0 Å². The maximum atomic E-state index is 5.82. The summed E-state index contributed by atoms with van der Waals surface area (Å²) in [5.41, 5.74) is 7.79. The van der Waals surface area contributed by atoms with Crippen molar-refractivity contribution in [3.63, 3.8) is 0 Å². The van der Waals surface area contributed by atoms with E-state index in [0.717, 1.165) is 24.1 Å². The molecular weight excluding hydrogens is 152 g/mol. The van der Waals surface area contributed by atoms with Crippen LogP contribution < -0.4 is 5.73 Å². The molecule has 0 saturated carbocycles. The van der Waals surface area contributed by atoms with Gasteiger partial charge in [0.15, 0.2) is 0 Å². The Kier molecular flexibility index (Phi) is 2.99. The van der Waals surface area contributed by atoms with Crippen molar-refractivity contribution < 1.29 is 0 Å². The van der Waals surface area contributed by atoms with Gasteiger partial charge in [0.05, 0.1) is 17.9 Å². The number of hydrogen-bond acceptors (Lipinski definition) is 3. The van der Waals surface area contributed by atoms with E-state index >= 15 is 0 Å². The number of hydrogen-bond donors (Lipinski definition) is 2. The van der Waals surface area contributed by atoms with Crippen LogP contribution in [0.3, 0.4) is 0 Å². The average Bonchev–Trinajstić information content (AvgIpc) is 2.51. The van der Waals surface area contributed by atoms with Gasteiger partial charge in [0.1, 0.15) is 0 Å². The zero-order valence-corrected chi connectivity index (χ0v) is 7.25. The van der Waals surface area contributed by atoms with Crippen LogP contribution in [0.4, 0.5) is 0 Å². The molecule has 0 amide bonds. The molecule has 12 heavy (non-hydrogen) atoms. The molecule has 4 heteroatoms. The van der Waals surface area contributed by atoms with Gasteiger partial charge in [-0.1, -0.05) is 5.57 Å². The highest BCUT2D eigenvalue weighted by Crippen LogP contribution is 2.14. The van der Waals surface area contributed by atoms with Crippen LogP contribution in [0.2, 0.25) is 0 Å². The van der Waals surface area contributed by atoms with Crippen molar-refractivity contribution in [1.29, 1.82) is 0 Å². The molecular formula is C8H14N4. The molecule has 0 saturated heterocycles. The molecule has 0 radical (unpaired) electrons. The van der Waals surface area contributed by atoms with Crippen LogP contribution in [-0.2, 0) is 0 Å². The summed E-state index contributed by atoms with van der Waals surface area (Å²) >= 11 is 0. The quantitative estimate of drug-likeness (QED) is 0.659. The Bertz CT molecular complexity index is 240. The maximum absolute atomic E-state index is 5.82. The predicted octanol–water partition coefficient (Wildman–Crippen LogP) is 1.16. The molecule has 0 aromatic carbocycles. The van der Waals surface area contributed by atoms with Crippen molar-refractivity contribution in [3.05, 3.63) is 24.0 Å². The highest BCUT2D eigenvalue weighted by Gasteiger charge is 2.07. The lowest BCUT2D eigenvalue weighted by Gasteiger charge is -2.06. The molecule has 0 fully saturated rings. The van der Waals surface area contributed by atoms with Gasteiger partial charge in [-0.3, -0.25) is 0 Å². The van der Waals surface area contributed by atoms with E-state index in [1.807, 2.05) is 6.92 Å².